The highest BCUT2D eigenvalue weighted by atomic mass is 16.5. The fourth-order valence-electron chi connectivity index (χ4n) is 2.19. The van der Waals surface area contributed by atoms with Crippen molar-refractivity contribution < 1.29 is 9.26 Å². The van der Waals surface area contributed by atoms with Crippen LogP contribution in [-0.2, 0) is 4.74 Å². The Morgan fingerprint density at radius 1 is 1.32 bits per heavy atom. The van der Waals surface area contributed by atoms with Gasteiger partial charge in [0.05, 0.1) is 6.61 Å². The van der Waals surface area contributed by atoms with Crippen molar-refractivity contribution in [3.63, 3.8) is 0 Å². The van der Waals surface area contributed by atoms with Gasteiger partial charge in [0, 0.05) is 18.7 Å². The fraction of sp³-hybridized carbons (Fsp3) is 0.429. The maximum absolute atomic E-state index is 5.62. The number of morpholine rings is 1. The van der Waals surface area contributed by atoms with Gasteiger partial charge in [0.25, 0.3) is 5.89 Å². The zero-order chi connectivity index (χ0) is 13.2. The van der Waals surface area contributed by atoms with Gasteiger partial charge in [0.15, 0.2) is 0 Å². The molecule has 100 valence electrons. The molecule has 0 saturated carbocycles. The number of aryl methyl sites for hydroxylation is 1. The van der Waals surface area contributed by atoms with Crippen LogP contribution in [0.25, 0.3) is 11.5 Å². The second-order valence-electron chi connectivity index (χ2n) is 4.77. The highest BCUT2D eigenvalue weighted by Crippen LogP contribution is 2.25. The molecule has 0 radical (unpaired) electrons. The standard InChI is InChI=1S/C14H17N3O2/c1-9-4-3-5-11(10(9)2)14-16-13(17-19-14)12-8-15-6-7-18-12/h3-5,12,15H,6-8H2,1-2H3. The van der Waals surface area contributed by atoms with Crippen LogP contribution >= 0.6 is 0 Å². The molecule has 1 aliphatic heterocycles. The minimum atomic E-state index is -0.114. The first-order chi connectivity index (χ1) is 9.25. The highest BCUT2D eigenvalue weighted by Gasteiger charge is 2.22. The third kappa shape index (κ3) is 2.39. The summed E-state index contributed by atoms with van der Waals surface area (Å²) < 4.78 is 11.0. The summed E-state index contributed by atoms with van der Waals surface area (Å²) in [4.78, 5) is 4.46. The van der Waals surface area contributed by atoms with Gasteiger partial charge in [-0.2, -0.15) is 4.98 Å². The number of benzene rings is 1. The molecule has 1 aromatic heterocycles. The molecule has 2 heterocycles. The lowest BCUT2D eigenvalue weighted by Gasteiger charge is -2.20. The number of hydrogen-bond acceptors (Lipinski definition) is 5. The first kappa shape index (κ1) is 12.3. The molecule has 19 heavy (non-hydrogen) atoms. The van der Waals surface area contributed by atoms with E-state index in [-0.39, 0.29) is 6.10 Å². The number of hydrogen-bond donors (Lipinski definition) is 1. The fourth-order valence-corrected chi connectivity index (χ4v) is 2.19. The third-order valence-corrected chi connectivity index (χ3v) is 3.49. The molecule has 5 heteroatoms. The average Bonchev–Trinajstić information content (AvgIpc) is 2.92. The van der Waals surface area contributed by atoms with Gasteiger partial charge in [-0.25, -0.2) is 0 Å². The molecule has 1 unspecified atom stereocenters. The van der Waals surface area contributed by atoms with E-state index in [1.165, 1.54) is 11.1 Å². The summed E-state index contributed by atoms with van der Waals surface area (Å²) in [6, 6.07) is 6.07. The van der Waals surface area contributed by atoms with Crippen molar-refractivity contribution in [3.8, 4) is 11.5 Å². The zero-order valence-electron chi connectivity index (χ0n) is 11.1. The molecule has 2 aromatic rings. The Kier molecular flexibility index (Phi) is 3.31. The molecule has 1 fully saturated rings. The van der Waals surface area contributed by atoms with Crippen LogP contribution in [0, 0.1) is 13.8 Å². The molecule has 0 amide bonds. The van der Waals surface area contributed by atoms with E-state index in [2.05, 4.69) is 35.4 Å². The molecule has 1 aromatic carbocycles. The van der Waals surface area contributed by atoms with E-state index >= 15 is 0 Å². The summed E-state index contributed by atoms with van der Waals surface area (Å²) in [5, 5.41) is 7.29. The van der Waals surface area contributed by atoms with Crippen LogP contribution in [0.4, 0.5) is 0 Å². The van der Waals surface area contributed by atoms with Crippen LogP contribution in [-0.4, -0.2) is 29.8 Å². The van der Waals surface area contributed by atoms with Gasteiger partial charge < -0.3 is 14.6 Å². The molecule has 1 N–H and O–H groups in total. The summed E-state index contributed by atoms with van der Waals surface area (Å²) in [7, 11) is 0. The van der Waals surface area contributed by atoms with Crippen molar-refractivity contribution in [2.24, 2.45) is 0 Å². The van der Waals surface area contributed by atoms with Gasteiger partial charge in [-0.15, -0.1) is 0 Å². The van der Waals surface area contributed by atoms with E-state index in [1.807, 2.05) is 12.1 Å². The summed E-state index contributed by atoms with van der Waals surface area (Å²) in [6.45, 7) is 6.42. The zero-order valence-corrected chi connectivity index (χ0v) is 11.1. The molecule has 1 saturated heterocycles. The number of nitrogens with zero attached hydrogens (tertiary/aromatic N) is 2. The quantitative estimate of drug-likeness (QED) is 0.894. The molecule has 5 nitrogen and oxygen atoms in total. The Morgan fingerprint density at radius 2 is 2.21 bits per heavy atom. The van der Waals surface area contributed by atoms with E-state index in [4.69, 9.17) is 9.26 Å². The molecular formula is C14H17N3O2. The van der Waals surface area contributed by atoms with Crippen LogP contribution in [0.2, 0.25) is 0 Å². The number of nitrogens with one attached hydrogen (secondary N) is 1. The third-order valence-electron chi connectivity index (χ3n) is 3.49. The summed E-state index contributed by atoms with van der Waals surface area (Å²) in [5.74, 6) is 1.17. The van der Waals surface area contributed by atoms with Crippen molar-refractivity contribution in [2.45, 2.75) is 20.0 Å². The Balaban J connectivity index is 1.90. The Hall–Kier alpha value is -1.72. The lowest BCUT2D eigenvalue weighted by molar-refractivity contribution is 0.0208. The van der Waals surface area contributed by atoms with E-state index in [0.29, 0.717) is 18.3 Å². The van der Waals surface area contributed by atoms with Gasteiger partial charge in [-0.3, -0.25) is 0 Å². The van der Waals surface area contributed by atoms with Gasteiger partial charge in [0.1, 0.15) is 6.10 Å². The smallest absolute Gasteiger partial charge is 0.258 e. The molecule has 0 spiro atoms. The molecule has 3 rings (SSSR count). The minimum Gasteiger partial charge on any atom is -0.367 e. The summed E-state index contributed by atoms with van der Waals surface area (Å²) in [6.07, 6.45) is -0.114. The summed E-state index contributed by atoms with van der Waals surface area (Å²) >= 11 is 0. The van der Waals surface area contributed by atoms with Gasteiger partial charge in [-0.05, 0) is 31.0 Å². The molecular weight excluding hydrogens is 242 g/mol. The van der Waals surface area contributed by atoms with Crippen molar-refractivity contribution in [2.75, 3.05) is 19.7 Å². The lowest BCUT2D eigenvalue weighted by atomic mass is 10.0. The van der Waals surface area contributed by atoms with Gasteiger partial charge in [0.2, 0.25) is 5.82 Å². The second kappa shape index (κ2) is 5.11. The summed E-state index contributed by atoms with van der Waals surface area (Å²) in [5.41, 5.74) is 3.37. The van der Waals surface area contributed by atoms with Crippen LogP contribution in [0.3, 0.4) is 0 Å². The van der Waals surface area contributed by atoms with E-state index in [0.717, 1.165) is 18.7 Å². The number of aromatic nitrogens is 2. The predicted molar refractivity (Wildman–Crippen MR) is 70.8 cm³/mol. The maximum Gasteiger partial charge on any atom is 0.258 e. The lowest BCUT2D eigenvalue weighted by Crippen LogP contribution is -2.33. The topological polar surface area (TPSA) is 60.2 Å². The Bertz CT molecular complexity index is 574. The normalized spacial score (nSPS) is 19.6. The second-order valence-corrected chi connectivity index (χ2v) is 4.77. The first-order valence-corrected chi connectivity index (χ1v) is 6.48. The SMILES string of the molecule is Cc1cccc(-c2nc(C3CNCCO3)no2)c1C. The predicted octanol–water partition coefficient (Wildman–Crippen LogP) is 2.01. The van der Waals surface area contributed by atoms with E-state index < -0.39 is 0 Å². The molecule has 1 aliphatic rings. The minimum absolute atomic E-state index is 0.114. The number of rotatable bonds is 2. The van der Waals surface area contributed by atoms with Crippen molar-refractivity contribution in [3.05, 3.63) is 35.2 Å². The van der Waals surface area contributed by atoms with Crippen LogP contribution in [0.1, 0.15) is 23.1 Å². The molecule has 0 aliphatic carbocycles. The number of ether oxygens (including phenoxy) is 1. The maximum atomic E-state index is 5.62. The van der Waals surface area contributed by atoms with Gasteiger partial charge in [-0.1, -0.05) is 17.3 Å². The highest BCUT2D eigenvalue weighted by molar-refractivity contribution is 5.60. The van der Waals surface area contributed by atoms with Crippen molar-refractivity contribution >= 4 is 0 Å². The van der Waals surface area contributed by atoms with E-state index in [9.17, 15) is 0 Å². The van der Waals surface area contributed by atoms with Gasteiger partial charge >= 0.3 is 0 Å². The monoisotopic (exact) mass is 259 g/mol. The Morgan fingerprint density at radius 3 is 3.00 bits per heavy atom. The molecule has 0 bridgehead atoms. The first-order valence-electron chi connectivity index (χ1n) is 6.48. The van der Waals surface area contributed by atoms with Crippen LogP contribution in [0.15, 0.2) is 22.7 Å². The Labute approximate surface area is 112 Å². The van der Waals surface area contributed by atoms with Crippen LogP contribution < -0.4 is 5.32 Å². The molecule has 1 atom stereocenters. The van der Waals surface area contributed by atoms with Crippen LogP contribution in [0.5, 0.6) is 0 Å². The van der Waals surface area contributed by atoms with E-state index in [1.54, 1.807) is 0 Å². The van der Waals surface area contributed by atoms with Crippen molar-refractivity contribution in [1.82, 2.24) is 15.5 Å². The van der Waals surface area contributed by atoms with Crippen molar-refractivity contribution in [1.29, 1.82) is 0 Å². The average molecular weight is 259 g/mol. The largest absolute Gasteiger partial charge is 0.367 e.